The van der Waals surface area contributed by atoms with Gasteiger partial charge in [0.2, 0.25) is 0 Å². The second kappa shape index (κ2) is 2.58. The molecule has 1 aliphatic rings. The Balaban J connectivity index is 2.22. The minimum atomic E-state index is -0.0178. The Morgan fingerprint density at radius 2 is 2.14 bits per heavy atom. The first-order valence-electron chi connectivity index (χ1n) is 4.90. The fraction of sp³-hybridized carbons (Fsp3) is 0.364. The van der Waals surface area contributed by atoms with E-state index in [-0.39, 0.29) is 12.0 Å². The molecule has 3 heteroatoms. The van der Waals surface area contributed by atoms with Crippen LogP contribution in [0.4, 0.5) is 0 Å². The lowest BCUT2D eigenvalue weighted by Crippen LogP contribution is -2.12. The predicted molar refractivity (Wildman–Crippen MR) is 54.1 cm³/mol. The molecule has 1 saturated carbocycles. The molecule has 0 radical (unpaired) electrons. The molecule has 3 nitrogen and oxygen atoms in total. The predicted octanol–water partition coefficient (Wildman–Crippen LogP) is 1.59. The number of para-hydroxylation sites is 1. The van der Waals surface area contributed by atoms with Crippen molar-refractivity contribution in [1.29, 1.82) is 0 Å². The zero-order valence-electron chi connectivity index (χ0n) is 7.83. The first-order valence-corrected chi connectivity index (χ1v) is 4.90. The molecule has 1 aromatic carbocycles. The summed E-state index contributed by atoms with van der Waals surface area (Å²) in [7, 11) is 0. The Morgan fingerprint density at radius 3 is 2.86 bits per heavy atom. The molecule has 0 amide bonds. The van der Waals surface area contributed by atoms with Gasteiger partial charge in [0.1, 0.15) is 0 Å². The minimum absolute atomic E-state index is 0.0178. The number of nitrogens with zero attached hydrogens (tertiary/aromatic N) is 1. The average molecular weight is 188 g/mol. The molecule has 2 N–H and O–H groups in total. The van der Waals surface area contributed by atoms with Crippen molar-refractivity contribution in [3.8, 4) is 0 Å². The summed E-state index contributed by atoms with van der Waals surface area (Å²) in [6.07, 6.45) is 2.13. The van der Waals surface area contributed by atoms with Crippen LogP contribution in [-0.2, 0) is 5.41 Å². The number of H-pyrrole nitrogens is 1. The van der Waals surface area contributed by atoms with Gasteiger partial charge >= 0.3 is 0 Å². The summed E-state index contributed by atoms with van der Waals surface area (Å²) in [4.78, 5) is 0. The molecule has 0 unspecified atom stereocenters. The van der Waals surface area contributed by atoms with Crippen LogP contribution in [0.1, 0.15) is 18.5 Å². The SMILES string of the molecule is OCC1(c2[nH]nc3ccccc23)CC1. The smallest absolute Gasteiger partial charge is 0.0923 e. The molecule has 0 spiro atoms. The van der Waals surface area contributed by atoms with E-state index in [9.17, 15) is 5.11 Å². The Morgan fingerprint density at radius 1 is 1.36 bits per heavy atom. The summed E-state index contributed by atoms with van der Waals surface area (Å²) >= 11 is 0. The molecule has 0 aliphatic heterocycles. The summed E-state index contributed by atoms with van der Waals surface area (Å²) in [5.41, 5.74) is 2.08. The lowest BCUT2D eigenvalue weighted by atomic mass is 10.0. The van der Waals surface area contributed by atoms with Crippen molar-refractivity contribution >= 4 is 10.9 Å². The zero-order valence-corrected chi connectivity index (χ0v) is 7.83. The number of hydrogen-bond donors (Lipinski definition) is 2. The highest BCUT2D eigenvalue weighted by Crippen LogP contribution is 2.48. The number of nitrogens with one attached hydrogen (secondary N) is 1. The van der Waals surface area contributed by atoms with Gasteiger partial charge in [0, 0.05) is 10.8 Å². The normalized spacial score (nSPS) is 18.6. The van der Waals surface area contributed by atoms with Crippen LogP contribution in [0.3, 0.4) is 0 Å². The summed E-state index contributed by atoms with van der Waals surface area (Å²) in [6, 6.07) is 8.03. The van der Waals surface area contributed by atoms with Crippen LogP contribution in [0.15, 0.2) is 24.3 Å². The van der Waals surface area contributed by atoms with E-state index >= 15 is 0 Å². The fourth-order valence-electron chi connectivity index (χ4n) is 2.00. The van der Waals surface area contributed by atoms with E-state index in [1.165, 1.54) is 0 Å². The molecule has 1 aliphatic carbocycles. The van der Waals surface area contributed by atoms with E-state index in [1.807, 2.05) is 18.2 Å². The van der Waals surface area contributed by atoms with Crippen molar-refractivity contribution < 1.29 is 5.11 Å². The van der Waals surface area contributed by atoms with Crippen LogP contribution in [0.2, 0.25) is 0 Å². The number of benzene rings is 1. The zero-order chi connectivity index (χ0) is 9.60. The summed E-state index contributed by atoms with van der Waals surface area (Å²) in [6.45, 7) is 0.221. The lowest BCUT2D eigenvalue weighted by molar-refractivity contribution is 0.253. The molecule has 1 fully saturated rings. The van der Waals surface area contributed by atoms with Gasteiger partial charge in [0.25, 0.3) is 0 Å². The maximum atomic E-state index is 9.34. The molecule has 3 rings (SSSR count). The Kier molecular flexibility index (Phi) is 1.47. The molecule has 0 atom stereocenters. The fourth-order valence-corrected chi connectivity index (χ4v) is 2.00. The number of fused-ring (bicyclic) bond motifs is 1. The van der Waals surface area contributed by atoms with Crippen LogP contribution in [0.5, 0.6) is 0 Å². The van der Waals surface area contributed by atoms with Gasteiger partial charge < -0.3 is 5.11 Å². The van der Waals surface area contributed by atoms with Crippen molar-refractivity contribution in [2.24, 2.45) is 0 Å². The van der Waals surface area contributed by atoms with Gasteiger partial charge in [-0.05, 0) is 18.9 Å². The number of aliphatic hydroxyl groups is 1. The second-order valence-corrected chi connectivity index (χ2v) is 4.05. The van der Waals surface area contributed by atoms with Crippen LogP contribution in [0.25, 0.3) is 10.9 Å². The van der Waals surface area contributed by atoms with Crippen molar-refractivity contribution in [3.05, 3.63) is 30.0 Å². The average Bonchev–Trinajstić information content (AvgIpc) is 2.91. The van der Waals surface area contributed by atoms with Gasteiger partial charge in [0.05, 0.1) is 17.8 Å². The molecule has 2 aromatic rings. The van der Waals surface area contributed by atoms with Gasteiger partial charge in [-0.15, -0.1) is 0 Å². The van der Waals surface area contributed by atoms with Crippen molar-refractivity contribution in [2.45, 2.75) is 18.3 Å². The van der Waals surface area contributed by atoms with Crippen LogP contribution < -0.4 is 0 Å². The second-order valence-electron chi connectivity index (χ2n) is 4.05. The highest BCUT2D eigenvalue weighted by atomic mass is 16.3. The molecular weight excluding hydrogens is 176 g/mol. The van der Waals surface area contributed by atoms with Gasteiger partial charge in [-0.3, -0.25) is 5.10 Å². The minimum Gasteiger partial charge on any atom is -0.395 e. The lowest BCUT2D eigenvalue weighted by Gasteiger charge is -2.08. The highest BCUT2D eigenvalue weighted by molar-refractivity contribution is 5.82. The molecule has 72 valence electrons. The molecular formula is C11H12N2O. The summed E-state index contributed by atoms with van der Waals surface area (Å²) < 4.78 is 0. The van der Waals surface area contributed by atoms with Crippen molar-refractivity contribution in [2.75, 3.05) is 6.61 Å². The van der Waals surface area contributed by atoms with Crippen LogP contribution >= 0.6 is 0 Å². The third kappa shape index (κ3) is 0.930. The van der Waals surface area contributed by atoms with Crippen molar-refractivity contribution in [3.63, 3.8) is 0 Å². The van der Waals surface area contributed by atoms with Crippen LogP contribution in [0, 0.1) is 0 Å². The third-order valence-electron chi connectivity index (χ3n) is 3.15. The van der Waals surface area contributed by atoms with Crippen molar-refractivity contribution in [1.82, 2.24) is 10.2 Å². The van der Waals surface area contributed by atoms with E-state index in [0.29, 0.717) is 0 Å². The molecule has 14 heavy (non-hydrogen) atoms. The van der Waals surface area contributed by atoms with E-state index < -0.39 is 0 Å². The third-order valence-corrected chi connectivity index (χ3v) is 3.15. The van der Waals surface area contributed by atoms with E-state index in [1.54, 1.807) is 0 Å². The highest BCUT2D eigenvalue weighted by Gasteiger charge is 2.46. The molecule has 1 aromatic heterocycles. The summed E-state index contributed by atoms with van der Waals surface area (Å²) in [5.74, 6) is 0. The Bertz CT molecular complexity index is 471. The Labute approximate surface area is 81.8 Å². The van der Waals surface area contributed by atoms with Gasteiger partial charge in [0.15, 0.2) is 0 Å². The quantitative estimate of drug-likeness (QED) is 0.751. The maximum absolute atomic E-state index is 9.34. The van der Waals surface area contributed by atoms with Gasteiger partial charge in [-0.2, -0.15) is 5.10 Å². The van der Waals surface area contributed by atoms with E-state index in [4.69, 9.17) is 0 Å². The molecule has 0 bridgehead atoms. The number of aromatic amines is 1. The summed E-state index contributed by atoms with van der Waals surface area (Å²) in [5, 5.41) is 17.8. The van der Waals surface area contributed by atoms with E-state index in [0.717, 1.165) is 29.4 Å². The van der Waals surface area contributed by atoms with E-state index in [2.05, 4.69) is 16.3 Å². The number of hydrogen-bond acceptors (Lipinski definition) is 2. The maximum Gasteiger partial charge on any atom is 0.0923 e. The monoisotopic (exact) mass is 188 g/mol. The van der Waals surface area contributed by atoms with Crippen LogP contribution in [-0.4, -0.2) is 21.9 Å². The standard InChI is InChI=1S/C11H12N2O/c14-7-11(5-6-11)10-8-3-1-2-4-9(8)12-13-10/h1-4,14H,5-7H2,(H,12,13). The Hall–Kier alpha value is -1.35. The largest absolute Gasteiger partial charge is 0.395 e. The number of aromatic nitrogens is 2. The first-order chi connectivity index (χ1) is 6.86. The first kappa shape index (κ1) is 8.00. The van der Waals surface area contributed by atoms with Gasteiger partial charge in [-0.25, -0.2) is 0 Å². The topological polar surface area (TPSA) is 48.9 Å². The number of rotatable bonds is 2. The number of aliphatic hydroxyl groups excluding tert-OH is 1. The molecule has 0 saturated heterocycles. The molecule has 1 heterocycles. The van der Waals surface area contributed by atoms with Gasteiger partial charge in [-0.1, -0.05) is 18.2 Å².